The first-order valence-corrected chi connectivity index (χ1v) is 8.03. The van der Waals surface area contributed by atoms with Crippen LogP contribution in [0.5, 0.6) is 0 Å². The summed E-state index contributed by atoms with van der Waals surface area (Å²) in [5.41, 5.74) is 0. The summed E-state index contributed by atoms with van der Waals surface area (Å²) in [6.07, 6.45) is 11.2. The topological polar surface area (TPSA) is 55.4 Å². The van der Waals surface area contributed by atoms with Gasteiger partial charge >= 0.3 is 63.3 Å². The molecule has 1 atom stereocenters. The summed E-state index contributed by atoms with van der Waals surface area (Å²) in [4.78, 5) is 22.7. The monoisotopic (exact) mass is 325 g/mol. The molecule has 1 N–H and O–H groups in total. The number of carbonyl (C=O) groups is 2. The first-order chi connectivity index (χ1) is 9.61. The summed E-state index contributed by atoms with van der Waals surface area (Å²) in [5.74, 6) is -0.895. The van der Waals surface area contributed by atoms with Gasteiger partial charge in [0.2, 0.25) is 0 Å². The molecule has 0 spiro atoms. The molecule has 21 heavy (non-hydrogen) atoms. The van der Waals surface area contributed by atoms with Gasteiger partial charge in [0.25, 0.3) is 0 Å². The van der Waals surface area contributed by atoms with Gasteiger partial charge in [0.1, 0.15) is 6.04 Å². The van der Waals surface area contributed by atoms with Crippen LogP contribution in [0.2, 0.25) is 0 Å². The molecule has 0 fully saturated rings. The second-order valence-electron chi connectivity index (χ2n) is 5.38. The number of hydrogen-bond donors (Lipinski definition) is 1. The van der Waals surface area contributed by atoms with E-state index in [9.17, 15) is 9.59 Å². The molecule has 0 saturated carbocycles. The Morgan fingerprint density at radius 3 is 1.90 bits per heavy atom. The standard InChI is InChI=1S/C16H31NO3.K.H/c1-4-5-6-7-8-9-10-11-12-13-15(18)20-16(19)14(2)17-3;;/h14,17H,4-13H2,1-3H3;;/t14-;;/m0../s1. The van der Waals surface area contributed by atoms with E-state index >= 15 is 0 Å². The van der Waals surface area contributed by atoms with Crippen molar-refractivity contribution in [1.82, 2.24) is 5.32 Å². The van der Waals surface area contributed by atoms with Crippen molar-refractivity contribution in [2.45, 2.75) is 84.1 Å². The van der Waals surface area contributed by atoms with Crippen molar-refractivity contribution in [1.29, 1.82) is 0 Å². The predicted octanol–water partition coefficient (Wildman–Crippen LogP) is 2.94. The Morgan fingerprint density at radius 2 is 1.43 bits per heavy atom. The normalized spacial score (nSPS) is 11.6. The van der Waals surface area contributed by atoms with E-state index in [1.54, 1.807) is 14.0 Å². The van der Waals surface area contributed by atoms with Crippen LogP contribution >= 0.6 is 0 Å². The SMILES string of the molecule is CCCCCCCCCCCC(=O)OC(=O)[C@H](C)NC.[KH]. The molecule has 0 aromatic heterocycles. The third kappa shape index (κ3) is 15.4. The number of rotatable bonds is 12. The van der Waals surface area contributed by atoms with Gasteiger partial charge in [-0.15, -0.1) is 0 Å². The summed E-state index contributed by atoms with van der Waals surface area (Å²) < 4.78 is 4.73. The summed E-state index contributed by atoms with van der Waals surface area (Å²) in [5, 5.41) is 2.75. The number of esters is 2. The number of hydrogen-bond acceptors (Lipinski definition) is 4. The summed E-state index contributed by atoms with van der Waals surface area (Å²) >= 11 is 0. The van der Waals surface area contributed by atoms with Crippen LogP contribution in [-0.4, -0.2) is 76.4 Å². The van der Waals surface area contributed by atoms with E-state index in [1.165, 1.54) is 44.9 Å². The summed E-state index contributed by atoms with van der Waals surface area (Å²) in [6, 6.07) is -0.429. The Labute approximate surface area is 172 Å². The van der Waals surface area contributed by atoms with Gasteiger partial charge in [0.05, 0.1) is 0 Å². The van der Waals surface area contributed by atoms with Gasteiger partial charge in [-0.3, -0.25) is 4.79 Å². The second-order valence-corrected chi connectivity index (χ2v) is 5.38. The maximum atomic E-state index is 11.4. The van der Waals surface area contributed by atoms with Crippen LogP contribution in [0.15, 0.2) is 0 Å². The Hall–Kier alpha value is 0.736. The van der Waals surface area contributed by atoms with Gasteiger partial charge in [-0.25, -0.2) is 4.79 Å². The molecule has 120 valence electrons. The van der Waals surface area contributed by atoms with Crippen molar-refractivity contribution in [3.8, 4) is 0 Å². The average Bonchev–Trinajstić information content (AvgIpc) is 2.44. The Balaban J connectivity index is 0. The van der Waals surface area contributed by atoms with Gasteiger partial charge in [-0.05, 0) is 20.4 Å². The van der Waals surface area contributed by atoms with Gasteiger partial charge in [0.15, 0.2) is 0 Å². The number of nitrogens with one attached hydrogen (secondary N) is 1. The van der Waals surface area contributed by atoms with Crippen molar-refractivity contribution >= 4 is 63.3 Å². The summed E-state index contributed by atoms with van der Waals surface area (Å²) in [6.45, 7) is 3.90. The number of unbranched alkanes of at least 4 members (excludes halogenated alkanes) is 8. The third-order valence-electron chi connectivity index (χ3n) is 3.49. The van der Waals surface area contributed by atoms with Crippen LogP contribution in [0, 0.1) is 0 Å². The molecule has 0 rings (SSSR count). The van der Waals surface area contributed by atoms with Crippen LogP contribution < -0.4 is 5.32 Å². The fraction of sp³-hybridized carbons (Fsp3) is 0.875. The maximum absolute atomic E-state index is 11.4. The van der Waals surface area contributed by atoms with E-state index in [4.69, 9.17) is 4.74 Å². The van der Waals surface area contributed by atoms with Crippen LogP contribution in [-0.2, 0) is 14.3 Å². The third-order valence-corrected chi connectivity index (χ3v) is 3.49. The molecule has 0 aliphatic rings. The molecule has 0 unspecified atom stereocenters. The molecule has 0 radical (unpaired) electrons. The Kier molecular flexibility index (Phi) is 19.5. The van der Waals surface area contributed by atoms with E-state index in [2.05, 4.69) is 12.2 Å². The van der Waals surface area contributed by atoms with E-state index in [0.717, 1.165) is 12.8 Å². The zero-order valence-corrected chi connectivity index (χ0v) is 13.4. The molecule has 0 aliphatic carbocycles. The van der Waals surface area contributed by atoms with E-state index in [0.29, 0.717) is 6.42 Å². The molecule has 0 heterocycles. The minimum atomic E-state index is -0.492. The molecule has 0 aromatic carbocycles. The van der Waals surface area contributed by atoms with Crippen molar-refractivity contribution in [3.05, 3.63) is 0 Å². The zero-order chi connectivity index (χ0) is 15.2. The van der Waals surface area contributed by atoms with Gasteiger partial charge < -0.3 is 10.1 Å². The van der Waals surface area contributed by atoms with Crippen LogP contribution in [0.3, 0.4) is 0 Å². The van der Waals surface area contributed by atoms with Crippen molar-refractivity contribution < 1.29 is 14.3 Å². The van der Waals surface area contributed by atoms with Crippen molar-refractivity contribution in [2.75, 3.05) is 7.05 Å². The van der Waals surface area contributed by atoms with Crippen LogP contribution in [0.25, 0.3) is 0 Å². The van der Waals surface area contributed by atoms with E-state index < -0.39 is 18.0 Å². The number of ether oxygens (including phenoxy) is 1. The molecule has 0 bridgehead atoms. The quantitative estimate of drug-likeness (QED) is 0.259. The number of carbonyl (C=O) groups excluding carboxylic acids is 2. The molecular formula is C16H32KNO3. The molecule has 0 aliphatic heterocycles. The van der Waals surface area contributed by atoms with E-state index in [-0.39, 0.29) is 51.4 Å². The van der Waals surface area contributed by atoms with E-state index in [1.807, 2.05) is 0 Å². The van der Waals surface area contributed by atoms with Gasteiger partial charge in [-0.1, -0.05) is 58.3 Å². The molecule has 5 heteroatoms. The fourth-order valence-corrected chi connectivity index (χ4v) is 1.95. The molecule has 0 aromatic rings. The number of likely N-dealkylation sites (N-methyl/N-ethyl adjacent to an activating group) is 1. The minimum absolute atomic E-state index is 0. The Morgan fingerprint density at radius 1 is 0.952 bits per heavy atom. The molecule has 4 nitrogen and oxygen atoms in total. The van der Waals surface area contributed by atoms with Gasteiger partial charge in [-0.2, -0.15) is 0 Å². The second kappa shape index (κ2) is 17.1. The van der Waals surface area contributed by atoms with Gasteiger partial charge in [0, 0.05) is 6.42 Å². The predicted molar refractivity (Wildman–Crippen MR) is 88.6 cm³/mol. The van der Waals surface area contributed by atoms with Crippen molar-refractivity contribution in [2.24, 2.45) is 0 Å². The molecule has 0 saturated heterocycles. The first kappa shape index (κ1) is 24.0. The summed E-state index contributed by atoms with van der Waals surface area (Å²) in [7, 11) is 1.66. The van der Waals surface area contributed by atoms with Crippen molar-refractivity contribution in [3.63, 3.8) is 0 Å². The van der Waals surface area contributed by atoms with Crippen LogP contribution in [0.4, 0.5) is 0 Å². The fourth-order valence-electron chi connectivity index (χ4n) is 1.95. The molecule has 0 amide bonds. The zero-order valence-electron chi connectivity index (χ0n) is 13.4. The molecular weight excluding hydrogens is 293 g/mol. The van der Waals surface area contributed by atoms with Crippen LogP contribution in [0.1, 0.15) is 78.1 Å². The Bertz CT molecular complexity index is 272. The average molecular weight is 326 g/mol. The first-order valence-electron chi connectivity index (χ1n) is 8.03.